The summed E-state index contributed by atoms with van der Waals surface area (Å²) in [6.07, 6.45) is 4.96. The van der Waals surface area contributed by atoms with E-state index in [-0.39, 0.29) is 61.1 Å². The molecule has 5 rings (SSSR count). The number of aryl methyl sites for hydroxylation is 3. The molecule has 0 bridgehead atoms. The minimum atomic E-state index is -0.0424. The first-order chi connectivity index (χ1) is 24.1. The summed E-state index contributed by atoms with van der Waals surface area (Å²) >= 11 is 1.76. The molecule has 0 aliphatic carbocycles. The Morgan fingerprint density at radius 1 is 0.941 bits per heavy atom. The molecule has 3 aromatic carbocycles. The zero-order valence-electron chi connectivity index (χ0n) is 33.7. The molecule has 0 fully saturated rings. The molecule has 5 aromatic rings. The molecular weight excluding hydrogens is 825 g/mol. The van der Waals surface area contributed by atoms with Gasteiger partial charge in [-0.2, -0.15) is 0 Å². The Kier molecular flexibility index (Phi) is 14.4. The van der Waals surface area contributed by atoms with Gasteiger partial charge in [0, 0.05) is 53.3 Å². The summed E-state index contributed by atoms with van der Waals surface area (Å²) in [4.78, 5) is 22.4. The number of fused-ring (bicyclic) bond motifs is 2. The van der Waals surface area contributed by atoms with Crippen LogP contribution < -0.4 is 0 Å². The summed E-state index contributed by atoms with van der Waals surface area (Å²) in [6, 6.07) is 18.8. The maximum absolute atomic E-state index is 11.7. The third-order valence-electron chi connectivity index (χ3n) is 9.86. The molecular formula is C45H57IrN2O2S-. The first-order valence-corrected chi connectivity index (χ1v) is 19.2. The third kappa shape index (κ3) is 9.44. The summed E-state index contributed by atoms with van der Waals surface area (Å²) in [5.74, 6) is 0.813. The van der Waals surface area contributed by atoms with Gasteiger partial charge in [0.1, 0.15) is 7.67 Å². The average Bonchev–Trinajstić information content (AvgIpc) is 3.43. The fourth-order valence-electron chi connectivity index (χ4n) is 7.08. The predicted molar refractivity (Wildman–Crippen MR) is 215 cm³/mol. The standard InChI is InChI=1S/C32H33N2S.C13H24O2.Ir/c1-18(2)26-29-31(35-30(26)27-20(4)13-19(3)14-21(27)5)28(33-17-34-29)23-15-22-11-9-10-12-24(22)25(16-23)32(6,7)8;1-5-10(6-2)12(14)9-13(15)11(7-3)8-4;/h9-14,16-18H,1-8H3;9-11,14H,5-8H2,1-4H3;/q-1;;/b;12-9-;/i17D;;. The van der Waals surface area contributed by atoms with Crippen molar-refractivity contribution in [1.82, 2.24) is 9.97 Å². The van der Waals surface area contributed by atoms with Crippen molar-refractivity contribution >= 4 is 38.1 Å². The van der Waals surface area contributed by atoms with Gasteiger partial charge >= 0.3 is 0 Å². The van der Waals surface area contributed by atoms with E-state index in [4.69, 9.17) is 11.3 Å². The number of ketones is 1. The molecule has 0 unspecified atom stereocenters. The van der Waals surface area contributed by atoms with Crippen LogP contribution in [-0.2, 0) is 30.3 Å². The molecule has 2 heterocycles. The normalized spacial score (nSPS) is 12.4. The SMILES string of the molecule is CCC(CC)C(=O)/C=C(\O)C(CC)CC.[2H]c1nc(-c2[c-]c3ccccc3c(C(C)(C)C)c2)c2sc(-c3c(C)cc(C)cc3C)c(C(C)C)c2n1.[Ir]. The van der Waals surface area contributed by atoms with Crippen molar-refractivity contribution in [2.45, 2.75) is 120 Å². The second-order valence-corrected chi connectivity index (χ2v) is 16.0. The average molecular weight is 883 g/mol. The van der Waals surface area contributed by atoms with Gasteiger partial charge in [-0.05, 0) is 80.0 Å². The zero-order chi connectivity index (χ0) is 37.8. The summed E-state index contributed by atoms with van der Waals surface area (Å²) in [5.41, 5.74) is 10.2. The van der Waals surface area contributed by atoms with E-state index in [1.807, 2.05) is 27.7 Å². The van der Waals surface area contributed by atoms with Crippen LogP contribution in [0.15, 0.2) is 60.6 Å². The van der Waals surface area contributed by atoms with E-state index < -0.39 is 0 Å². The van der Waals surface area contributed by atoms with Crippen molar-refractivity contribution in [2.24, 2.45) is 11.8 Å². The summed E-state index contributed by atoms with van der Waals surface area (Å²) in [7, 11) is 0. The van der Waals surface area contributed by atoms with Crippen LogP contribution in [0, 0.1) is 38.7 Å². The maximum Gasteiger partial charge on any atom is 0.162 e. The Morgan fingerprint density at radius 2 is 1.53 bits per heavy atom. The van der Waals surface area contributed by atoms with Crippen molar-refractivity contribution in [3.8, 4) is 21.7 Å². The van der Waals surface area contributed by atoms with Gasteiger partial charge in [0.15, 0.2) is 5.78 Å². The van der Waals surface area contributed by atoms with Crippen molar-refractivity contribution < 1.29 is 31.4 Å². The monoisotopic (exact) mass is 883 g/mol. The van der Waals surface area contributed by atoms with E-state index in [0.29, 0.717) is 0 Å². The number of rotatable bonds is 10. The summed E-state index contributed by atoms with van der Waals surface area (Å²) in [5, 5.41) is 12.0. The van der Waals surface area contributed by atoms with Crippen LogP contribution in [0.5, 0.6) is 0 Å². The van der Waals surface area contributed by atoms with Crippen molar-refractivity contribution in [3.63, 3.8) is 0 Å². The molecule has 0 aliphatic rings. The van der Waals surface area contributed by atoms with Crippen LogP contribution in [-0.4, -0.2) is 20.9 Å². The molecule has 6 heteroatoms. The fraction of sp³-hybridized carbons (Fsp3) is 0.444. The van der Waals surface area contributed by atoms with E-state index in [1.54, 1.807) is 11.3 Å². The second kappa shape index (κ2) is 18.0. The number of benzene rings is 3. The van der Waals surface area contributed by atoms with Crippen LogP contribution in [0.4, 0.5) is 0 Å². The largest absolute Gasteiger partial charge is 0.512 e. The molecule has 1 radical (unpaired) electrons. The number of aliphatic hydroxyl groups excluding tert-OH is 1. The third-order valence-corrected chi connectivity index (χ3v) is 11.1. The molecule has 0 spiro atoms. The van der Waals surface area contributed by atoms with Gasteiger partial charge in [0.2, 0.25) is 0 Å². The van der Waals surface area contributed by atoms with E-state index >= 15 is 0 Å². The minimum Gasteiger partial charge on any atom is -0.512 e. The molecule has 0 saturated carbocycles. The number of hydrogen-bond acceptors (Lipinski definition) is 5. The molecule has 51 heavy (non-hydrogen) atoms. The van der Waals surface area contributed by atoms with Crippen LogP contribution >= 0.6 is 11.3 Å². The Labute approximate surface area is 326 Å². The van der Waals surface area contributed by atoms with E-state index in [0.717, 1.165) is 52.5 Å². The fourth-order valence-corrected chi connectivity index (χ4v) is 8.66. The number of aromatic nitrogens is 2. The maximum atomic E-state index is 11.7. The number of carbonyl (C=O) groups is 1. The van der Waals surface area contributed by atoms with Gasteiger partial charge in [0.05, 0.1) is 11.3 Å². The Morgan fingerprint density at radius 3 is 2.08 bits per heavy atom. The topological polar surface area (TPSA) is 63.1 Å². The Hall–Kier alpha value is -3.18. The van der Waals surface area contributed by atoms with E-state index in [1.165, 1.54) is 49.7 Å². The van der Waals surface area contributed by atoms with Crippen LogP contribution in [0.2, 0.25) is 0 Å². The molecule has 0 amide bonds. The van der Waals surface area contributed by atoms with Crippen LogP contribution in [0.1, 0.15) is 123 Å². The summed E-state index contributed by atoms with van der Waals surface area (Å²) < 4.78 is 9.58. The Bertz CT molecular complexity index is 2030. The van der Waals surface area contributed by atoms with Gasteiger partial charge in [-0.15, -0.1) is 40.5 Å². The molecule has 4 nitrogen and oxygen atoms in total. The molecule has 2 aromatic heterocycles. The molecule has 275 valence electrons. The number of nitrogens with zero attached hydrogens (tertiary/aromatic N) is 2. The number of thiophene rings is 1. The number of aliphatic hydroxyl groups is 1. The Balaban J connectivity index is 0.000000389. The van der Waals surface area contributed by atoms with Gasteiger partial charge in [-0.25, -0.2) is 4.98 Å². The molecule has 0 atom stereocenters. The van der Waals surface area contributed by atoms with Gasteiger partial charge in [-0.1, -0.05) is 109 Å². The van der Waals surface area contributed by atoms with Crippen LogP contribution in [0.25, 0.3) is 42.7 Å². The predicted octanol–water partition coefficient (Wildman–Crippen LogP) is 13.2. The van der Waals surface area contributed by atoms with Crippen LogP contribution in [0.3, 0.4) is 0 Å². The number of hydrogen-bond donors (Lipinski definition) is 1. The first-order valence-electron chi connectivity index (χ1n) is 18.8. The molecule has 0 saturated heterocycles. The van der Waals surface area contributed by atoms with Crippen molar-refractivity contribution in [1.29, 1.82) is 0 Å². The van der Waals surface area contributed by atoms with Gasteiger partial charge < -0.3 is 5.11 Å². The summed E-state index contributed by atoms with van der Waals surface area (Å²) in [6.45, 7) is 25.8. The van der Waals surface area contributed by atoms with Crippen molar-refractivity contribution in [2.75, 3.05) is 0 Å². The van der Waals surface area contributed by atoms with E-state index in [2.05, 4.69) is 104 Å². The first kappa shape index (κ1) is 40.6. The smallest absolute Gasteiger partial charge is 0.162 e. The van der Waals surface area contributed by atoms with Crippen molar-refractivity contribution in [3.05, 3.63) is 94.5 Å². The zero-order valence-corrected chi connectivity index (χ0v) is 35.9. The molecule has 1 N–H and O–H groups in total. The van der Waals surface area contributed by atoms with Gasteiger partial charge in [0.25, 0.3) is 0 Å². The number of carbonyl (C=O) groups excluding carboxylic acids is 1. The second-order valence-electron chi connectivity index (χ2n) is 15.0. The molecule has 0 aliphatic heterocycles. The number of allylic oxidation sites excluding steroid dienone is 2. The quantitative estimate of drug-likeness (QED) is 0.0862. The van der Waals surface area contributed by atoms with E-state index in [9.17, 15) is 9.90 Å². The minimum absolute atomic E-state index is 0. The van der Waals surface area contributed by atoms with Gasteiger partial charge in [-0.3, -0.25) is 9.78 Å².